The summed E-state index contributed by atoms with van der Waals surface area (Å²) in [5, 5.41) is 9.44. The molecule has 0 aromatic heterocycles. The smallest absolute Gasteiger partial charge is 0.440 e. The molecule has 0 unspecified atom stereocenters. The minimum atomic E-state index is -5.24. The summed E-state index contributed by atoms with van der Waals surface area (Å²) in [5.74, 6) is 1.69. The number of ether oxygens (including phenoxy) is 1. The van der Waals surface area contributed by atoms with E-state index in [0.717, 1.165) is 11.6 Å². The van der Waals surface area contributed by atoms with Crippen molar-refractivity contribution < 1.29 is 27.8 Å². The number of allylic oxidation sites excluding steroid dienone is 1. The number of aliphatic hydroxyl groups is 1. The molecule has 0 saturated carbocycles. The Bertz CT molecular complexity index is 567. The molecule has 0 saturated heterocycles. The van der Waals surface area contributed by atoms with E-state index in [1.165, 1.54) is 18.9 Å². The van der Waals surface area contributed by atoms with Crippen LogP contribution < -0.4 is 0 Å². The highest BCUT2D eigenvalue weighted by molar-refractivity contribution is 5.84. The average molecular weight is 298 g/mol. The Hall–Kier alpha value is -2.26. The summed E-state index contributed by atoms with van der Waals surface area (Å²) in [6, 6.07) is 8.72. The van der Waals surface area contributed by atoms with Gasteiger partial charge >= 0.3 is 17.7 Å². The van der Waals surface area contributed by atoms with Crippen molar-refractivity contribution in [3.8, 4) is 11.8 Å². The number of benzene rings is 1. The largest absolute Gasteiger partial charge is 0.463 e. The first kappa shape index (κ1) is 16.8. The third-order valence-corrected chi connectivity index (χ3v) is 2.39. The van der Waals surface area contributed by atoms with Gasteiger partial charge < -0.3 is 9.84 Å². The average Bonchev–Trinajstić information content (AvgIpc) is 2.43. The van der Waals surface area contributed by atoms with Gasteiger partial charge in [0.15, 0.2) is 0 Å². The van der Waals surface area contributed by atoms with Crippen LogP contribution in [0.1, 0.15) is 12.5 Å². The van der Waals surface area contributed by atoms with Crippen LogP contribution in [0.25, 0.3) is 6.08 Å². The van der Waals surface area contributed by atoms with Gasteiger partial charge in [-0.05, 0) is 30.6 Å². The van der Waals surface area contributed by atoms with E-state index in [1.807, 2.05) is 5.92 Å². The maximum atomic E-state index is 12.8. The molecule has 112 valence electrons. The van der Waals surface area contributed by atoms with Crippen LogP contribution in [0.4, 0.5) is 13.2 Å². The number of carbonyl (C=O) groups is 1. The Morgan fingerprint density at radius 2 is 1.95 bits per heavy atom. The Morgan fingerprint density at radius 3 is 2.48 bits per heavy atom. The molecule has 1 aromatic carbocycles. The summed E-state index contributed by atoms with van der Waals surface area (Å²) in [6.07, 6.45) is -2.67. The van der Waals surface area contributed by atoms with Crippen LogP contribution in [0.15, 0.2) is 36.4 Å². The lowest BCUT2D eigenvalue weighted by Crippen LogP contribution is -2.51. The fraction of sp³-hybridized carbons (Fsp3) is 0.267. The predicted octanol–water partition coefficient (Wildman–Crippen LogP) is 2.56. The van der Waals surface area contributed by atoms with Gasteiger partial charge in [-0.15, -0.1) is 0 Å². The van der Waals surface area contributed by atoms with E-state index >= 15 is 0 Å². The summed E-state index contributed by atoms with van der Waals surface area (Å²) < 4.78 is 42.5. The molecule has 0 spiro atoms. The first-order chi connectivity index (χ1) is 9.81. The Balaban J connectivity index is 2.96. The molecule has 3 nitrogen and oxygen atoms in total. The van der Waals surface area contributed by atoms with E-state index in [9.17, 15) is 23.1 Å². The van der Waals surface area contributed by atoms with Crippen molar-refractivity contribution in [1.82, 2.24) is 0 Å². The van der Waals surface area contributed by atoms with Crippen LogP contribution in [0, 0.1) is 11.8 Å². The molecular formula is C15H13F3O3. The van der Waals surface area contributed by atoms with Crippen molar-refractivity contribution in [2.75, 3.05) is 6.61 Å². The lowest BCUT2D eigenvalue weighted by molar-refractivity contribution is -0.242. The molecular weight excluding hydrogens is 285 g/mol. The van der Waals surface area contributed by atoms with Crippen molar-refractivity contribution in [1.29, 1.82) is 0 Å². The normalized spacial score (nSPS) is 14.1. The highest BCUT2D eigenvalue weighted by Crippen LogP contribution is 2.31. The third kappa shape index (κ3) is 4.36. The Kier molecular flexibility index (Phi) is 5.56. The topological polar surface area (TPSA) is 46.5 Å². The monoisotopic (exact) mass is 298 g/mol. The second-order valence-corrected chi connectivity index (χ2v) is 3.94. The molecule has 0 aliphatic rings. The lowest BCUT2D eigenvalue weighted by Gasteiger charge is -2.22. The van der Waals surface area contributed by atoms with E-state index < -0.39 is 17.7 Å². The van der Waals surface area contributed by atoms with Crippen molar-refractivity contribution in [3.05, 3.63) is 42.0 Å². The van der Waals surface area contributed by atoms with Gasteiger partial charge in [-0.1, -0.05) is 36.3 Å². The molecule has 0 radical (unpaired) electrons. The van der Waals surface area contributed by atoms with Crippen molar-refractivity contribution in [2.24, 2.45) is 0 Å². The highest BCUT2D eigenvalue weighted by atomic mass is 19.4. The molecule has 0 heterocycles. The fourth-order valence-electron chi connectivity index (χ4n) is 1.32. The molecule has 1 N–H and O–H groups in total. The van der Waals surface area contributed by atoms with Gasteiger partial charge in [0, 0.05) is 0 Å². The van der Waals surface area contributed by atoms with Crippen molar-refractivity contribution in [2.45, 2.75) is 18.7 Å². The quantitative estimate of drug-likeness (QED) is 0.689. The molecule has 21 heavy (non-hydrogen) atoms. The van der Waals surface area contributed by atoms with Crippen LogP contribution in [0.5, 0.6) is 0 Å². The Labute approximate surface area is 120 Å². The van der Waals surface area contributed by atoms with E-state index in [1.54, 1.807) is 30.3 Å². The third-order valence-electron chi connectivity index (χ3n) is 2.39. The number of halogens is 3. The van der Waals surface area contributed by atoms with E-state index in [2.05, 4.69) is 4.74 Å². The number of esters is 1. The minimum Gasteiger partial charge on any atom is -0.463 e. The van der Waals surface area contributed by atoms with Crippen LogP contribution in [-0.4, -0.2) is 29.5 Å². The Morgan fingerprint density at radius 1 is 1.33 bits per heavy atom. The molecule has 0 bridgehead atoms. The van der Waals surface area contributed by atoms with Gasteiger partial charge in [0.2, 0.25) is 0 Å². The summed E-state index contributed by atoms with van der Waals surface area (Å²) in [7, 11) is 0. The molecule has 0 aliphatic carbocycles. The fourth-order valence-corrected chi connectivity index (χ4v) is 1.32. The summed E-state index contributed by atoms with van der Waals surface area (Å²) in [4.78, 5) is 11.3. The second-order valence-electron chi connectivity index (χ2n) is 3.94. The van der Waals surface area contributed by atoms with E-state index in [4.69, 9.17) is 0 Å². The van der Waals surface area contributed by atoms with Gasteiger partial charge in [0.05, 0.1) is 6.61 Å². The zero-order chi connectivity index (χ0) is 15.9. The molecule has 0 aliphatic heterocycles. The van der Waals surface area contributed by atoms with Crippen LogP contribution in [0.2, 0.25) is 0 Å². The summed E-state index contributed by atoms with van der Waals surface area (Å²) >= 11 is 0. The molecule has 0 amide bonds. The van der Waals surface area contributed by atoms with Gasteiger partial charge in [0.25, 0.3) is 0 Å². The number of hydrogen-bond acceptors (Lipinski definition) is 3. The second kappa shape index (κ2) is 6.95. The molecule has 1 aromatic rings. The number of rotatable bonds is 3. The van der Waals surface area contributed by atoms with E-state index in [0.29, 0.717) is 0 Å². The summed E-state index contributed by atoms with van der Waals surface area (Å²) in [5.41, 5.74) is -3.11. The van der Waals surface area contributed by atoms with Crippen LogP contribution >= 0.6 is 0 Å². The number of carbonyl (C=O) groups excluding carboxylic acids is 1. The van der Waals surface area contributed by atoms with Gasteiger partial charge in [-0.2, -0.15) is 13.2 Å². The van der Waals surface area contributed by atoms with Crippen LogP contribution in [-0.2, 0) is 9.53 Å². The maximum absolute atomic E-state index is 12.8. The van der Waals surface area contributed by atoms with Crippen molar-refractivity contribution in [3.63, 3.8) is 0 Å². The maximum Gasteiger partial charge on any atom is 0.440 e. The number of hydrogen-bond donors (Lipinski definition) is 1. The van der Waals surface area contributed by atoms with Crippen LogP contribution in [0.3, 0.4) is 0 Å². The highest BCUT2D eigenvalue weighted by Gasteiger charge is 2.60. The van der Waals surface area contributed by atoms with Gasteiger partial charge in [-0.25, -0.2) is 4.79 Å². The van der Waals surface area contributed by atoms with Crippen molar-refractivity contribution >= 4 is 12.0 Å². The first-order valence-electron chi connectivity index (χ1n) is 6.02. The zero-order valence-electron chi connectivity index (χ0n) is 11.1. The molecule has 1 rings (SSSR count). The zero-order valence-corrected chi connectivity index (χ0v) is 11.1. The summed E-state index contributed by atoms with van der Waals surface area (Å²) in [6.45, 7) is 1.04. The van der Waals surface area contributed by atoms with E-state index in [-0.39, 0.29) is 6.61 Å². The minimum absolute atomic E-state index is 0.293. The number of alkyl halides is 3. The van der Waals surface area contributed by atoms with Gasteiger partial charge in [-0.3, -0.25) is 0 Å². The first-order valence-corrected chi connectivity index (χ1v) is 6.02. The van der Waals surface area contributed by atoms with Gasteiger partial charge in [0.1, 0.15) is 0 Å². The SMILES string of the molecule is CCOC(=O)[C@@](O)(C#C/C=C/c1ccccc1)C(F)(F)F. The molecule has 6 heteroatoms. The molecule has 0 fully saturated rings. The lowest BCUT2D eigenvalue weighted by atomic mass is 10.0. The predicted molar refractivity (Wildman–Crippen MR) is 70.9 cm³/mol. The standard InChI is InChI=1S/C15H13F3O3/c1-2-21-13(19)14(20,15(16,17)18)11-7-6-10-12-8-4-3-5-9-12/h3-6,8-10,20H,2H2,1H3/b10-6+/t14-/m0/s1. The molecule has 1 atom stereocenters.